The van der Waals surface area contributed by atoms with Gasteiger partial charge in [-0.25, -0.2) is 0 Å². The number of benzene rings is 10. The maximum Gasteiger partial charge on any atom is 0.143 e. The first kappa shape index (κ1) is 35.2. The highest BCUT2D eigenvalue weighted by Crippen LogP contribution is 2.40. The second-order valence-corrected chi connectivity index (χ2v) is 15.3. The second kappa shape index (κ2) is 15.1. The highest BCUT2D eigenvalue weighted by atomic mass is 16.3. The number of rotatable bonds is 8. The molecule has 0 fully saturated rings. The Labute approximate surface area is 349 Å². The third-order valence-corrected chi connectivity index (χ3v) is 11.7. The lowest BCUT2D eigenvalue weighted by molar-refractivity contribution is 0.670. The van der Waals surface area contributed by atoms with Gasteiger partial charge in [0.1, 0.15) is 11.2 Å². The highest BCUT2D eigenvalue weighted by molar-refractivity contribution is 6.09. The van der Waals surface area contributed by atoms with E-state index in [0.29, 0.717) is 0 Å². The summed E-state index contributed by atoms with van der Waals surface area (Å²) in [6, 6.07) is 84.8. The van der Waals surface area contributed by atoms with Crippen molar-refractivity contribution in [2.75, 3.05) is 4.90 Å². The zero-order valence-corrected chi connectivity index (χ0v) is 32.9. The number of fused-ring (bicyclic) bond motifs is 4. The van der Waals surface area contributed by atoms with Crippen molar-refractivity contribution >= 4 is 49.8 Å². The van der Waals surface area contributed by atoms with Gasteiger partial charge in [0.05, 0.1) is 0 Å². The molecule has 1 heterocycles. The van der Waals surface area contributed by atoms with Gasteiger partial charge in [0.2, 0.25) is 0 Å². The van der Waals surface area contributed by atoms with Crippen LogP contribution in [0.3, 0.4) is 0 Å². The molecule has 0 aliphatic carbocycles. The molecule has 0 bridgehead atoms. The second-order valence-electron chi connectivity index (χ2n) is 15.3. The van der Waals surface area contributed by atoms with E-state index in [1.165, 1.54) is 55.3 Å². The van der Waals surface area contributed by atoms with Crippen LogP contribution in [0.4, 0.5) is 17.1 Å². The molecule has 1 aromatic heterocycles. The Morgan fingerprint density at radius 2 is 0.700 bits per heavy atom. The van der Waals surface area contributed by atoms with Gasteiger partial charge in [-0.15, -0.1) is 0 Å². The Morgan fingerprint density at radius 1 is 0.267 bits per heavy atom. The summed E-state index contributed by atoms with van der Waals surface area (Å²) in [7, 11) is 0. The fourth-order valence-electron chi connectivity index (χ4n) is 8.65. The van der Waals surface area contributed by atoms with Gasteiger partial charge in [0.15, 0.2) is 0 Å². The molecule has 2 heteroatoms. The van der Waals surface area contributed by atoms with Crippen LogP contribution in [0.1, 0.15) is 0 Å². The lowest BCUT2D eigenvalue weighted by atomic mass is 9.96. The molecule has 2 nitrogen and oxygen atoms in total. The summed E-state index contributed by atoms with van der Waals surface area (Å²) < 4.78 is 6.37. The molecule has 0 aliphatic rings. The predicted octanol–water partition coefficient (Wildman–Crippen LogP) is 16.5. The number of furan rings is 1. The Balaban J connectivity index is 0.897. The molecule has 0 spiro atoms. The van der Waals surface area contributed by atoms with Gasteiger partial charge in [-0.3, -0.25) is 0 Å². The van der Waals surface area contributed by atoms with Crippen LogP contribution in [-0.4, -0.2) is 0 Å². The van der Waals surface area contributed by atoms with Crippen molar-refractivity contribution in [3.63, 3.8) is 0 Å². The van der Waals surface area contributed by atoms with Crippen molar-refractivity contribution in [3.05, 3.63) is 237 Å². The monoisotopic (exact) mass is 765 g/mol. The van der Waals surface area contributed by atoms with Crippen molar-refractivity contribution in [1.29, 1.82) is 0 Å². The van der Waals surface area contributed by atoms with E-state index in [0.717, 1.165) is 50.1 Å². The number of para-hydroxylation sites is 2. The summed E-state index contributed by atoms with van der Waals surface area (Å²) in [6.07, 6.45) is 0. The fraction of sp³-hybridized carbons (Fsp3) is 0. The van der Waals surface area contributed by atoms with E-state index in [2.05, 4.69) is 229 Å². The largest absolute Gasteiger partial charge is 0.455 e. The summed E-state index contributed by atoms with van der Waals surface area (Å²) >= 11 is 0. The molecule has 10 aromatic carbocycles. The Hall–Kier alpha value is -7.94. The van der Waals surface area contributed by atoms with E-state index in [1.807, 2.05) is 12.1 Å². The minimum absolute atomic E-state index is 0.913. The third-order valence-electron chi connectivity index (χ3n) is 11.7. The summed E-state index contributed by atoms with van der Waals surface area (Å²) in [5.74, 6) is 0. The lowest BCUT2D eigenvalue weighted by Gasteiger charge is -2.26. The van der Waals surface area contributed by atoms with E-state index in [9.17, 15) is 0 Å². The van der Waals surface area contributed by atoms with Gasteiger partial charge in [-0.2, -0.15) is 0 Å². The summed E-state index contributed by atoms with van der Waals surface area (Å²) in [5.41, 5.74) is 16.9. The predicted molar refractivity (Wildman–Crippen MR) is 253 cm³/mol. The van der Waals surface area contributed by atoms with Gasteiger partial charge in [-0.1, -0.05) is 188 Å². The summed E-state index contributed by atoms with van der Waals surface area (Å²) in [6.45, 7) is 0. The Kier molecular flexibility index (Phi) is 8.87. The van der Waals surface area contributed by atoms with Crippen LogP contribution in [0.15, 0.2) is 241 Å². The van der Waals surface area contributed by atoms with Crippen molar-refractivity contribution < 1.29 is 4.42 Å². The minimum atomic E-state index is 0.913. The quantitative estimate of drug-likeness (QED) is 0.153. The van der Waals surface area contributed by atoms with E-state index in [4.69, 9.17) is 4.42 Å². The number of hydrogen-bond donors (Lipinski definition) is 0. The number of anilines is 3. The third kappa shape index (κ3) is 6.51. The molecule has 0 N–H and O–H groups in total. The number of nitrogens with zero attached hydrogens (tertiary/aromatic N) is 1. The van der Waals surface area contributed by atoms with Crippen LogP contribution in [-0.2, 0) is 0 Å². The molecule has 0 saturated heterocycles. The minimum Gasteiger partial charge on any atom is -0.455 e. The van der Waals surface area contributed by atoms with Gasteiger partial charge >= 0.3 is 0 Å². The van der Waals surface area contributed by atoms with Crippen LogP contribution in [0.5, 0.6) is 0 Å². The van der Waals surface area contributed by atoms with Crippen molar-refractivity contribution in [2.24, 2.45) is 0 Å². The topological polar surface area (TPSA) is 16.4 Å². The van der Waals surface area contributed by atoms with Gasteiger partial charge in [-0.05, 0) is 109 Å². The summed E-state index contributed by atoms with van der Waals surface area (Å²) in [5, 5.41) is 4.79. The average molecular weight is 766 g/mol. The maximum atomic E-state index is 6.37. The van der Waals surface area contributed by atoms with E-state index >= 15 is 0 Å². The standard InChI is InChI=1S/C58H39NO/c1-2-11-40(12-3-1)42-27-33-49(34-28-42)59(51-37-31-46(32-38-51)53-19-9-14-45-13-4-5-17-52(45)53)50-35-29-43(30-36-50)41-23-25-44(26-24-41)47-15-8-16-48(39-47)54-20-10-21-56-55-18-6-7-22-57(55)60-58(54)56/h1-39H. The Bertz CT molecular complexity index is 3270. The molecule has 0 amide bonds. The van der Waals surface area contributed by atoms with Crippen molar-refractivity contribution in [2.45, 2.75) is 0 Å². The van der Waals surface area contributed by atoms with E-state index in [-0.39, 0.29) is 0 Å². The van der Waals surface area contributed by atoms with Gasteiger partial charge in [0.25, 0.3) is 0 Å². The first-order chi connectivity index (χ1) is 29.7. The maximum absolute atomic E-state index is 6.37. The molecule has 0 aliphatic heterocycles. The van der Waals surface area contributed by atoms with Gasteiger partial charge < -0.3 is 9.32 Å². The van der Waals surface area contributed by atoms with Crippen LogP contribution >= 0.6 is 0 Å². The van der Waals surface area contributed by atoms with Crippen molar-refractivity contribution in [1.82, 2.24) is 0 Å². The lowest BCUT2D eigenvalue weighted by Crippen LogP contribution is -2.09. The van der Waals surface area contributed by atoms with E-state index < -0.39 is 0 Å². The molecule has 0 saturated carbocycles. The molecule has 11 aromatic rings. The first-order valence-electron chi connectivity index (χ1n) is 20.5. The van der Waals surface area contributed by atoms with E-state index in [1.54, 1.807) is 0 Å². The average Bonchev–Trinajstić information content (AvgIpc) is 3.72. The molecular formula is C58H39NO. The molecule has 0 atom stereocenters. The smallest absolute Gasteiger partial charge is 0.143 e. The van der Waals surface area contributed by atoms with Crippen LogP contribution in [0, 0.1) is 0 Å². The molecule has 11 rings (SSSR count). The highest BCUT2D eigenvalue weighted by Gasteiger charge is 2.16. The zero-order chi connectivity index (χ0) is 39.8. The normalized spacial score (nSPS) is 11.3. The molecule has 0 unspecified atom stereocenters. The molecule has 0 radical (unpaired) electrons. The van der Waals surface area contributed by atoms with Crippen LogP contribution in [0.2, 0.25) is 0 Å². The molecule has 60 heavy (non-hydrogen) atoms. The first-order valence-corrected chi connectivity index (χ1v) is 20.5. The fourth-order valence-corrected chi connectivity index (χ4v) is 8.65. The van der Waals surface area contributed by atoms with Gasteiger partial charge in [0, 0.05) is 33.4 Å². The molecular weight excluding hydrogens is 727 g/mol. The molecule has 282 valence electrons. The van der Waals surface area contributed by atoms with Crippen LogP contribution in [0.25, 0.3) is 88.3 Å². The Morgan fingerprint density at radius 3 is 1.38 bits per heavy atom. The van der Waals surface area contributed by atoms with Crippen molar-refractivity contribution in [3.8, 4) is 55.6 Å². The number of hydrogen-bond acceptors (Lipinski definition) is 2. The summed E-state index contributed by atoms with van der Waals surface area (Å²) in [4.78, 5) is 2.34. The zero-order valence-electron chi connectivity index (χ0n) is 32.9. The van der Waals surface area contributed by atoms with Crippen LogP contribution < -0.4 is 4.90 Å². The SMILES string of the molecule is c1ccc(-c2ccc(N(c3ccc(-c4ccc(-c5cccc(-c6cccc7c6oc6ccccc67)c5)cc4)cc3)c3ccc(-c4cccc5ccccc45)cc3)cc2)cc1.